The lowest BCUT2D eigenvalue weighted by molar-refractivity contribution is -0.119. The Morgan fingerprint density at radius 1 is 1.43 bits per heavy atom. The standard InChI is InChI=1S/C16H21N3O.ClH/c1-2-8-19-9-6-12-3-4-14(10-15(12)19)18-16(20)13-5-7-17-11-13;/h3-4,6,9-10,13,17H,2,5,7-8,11H2,1H3,(H,18,20);1H. The molecule has 2 aromatic rings. The molecule has 0 saturated carbocycles. The molecule has 4 nitrogen and oxygen atoms in total. The van der Waals surface area contributed by atoms with Gasteiger partial charge in [0.25, 0.3) is 0 Å². The maximum Gasteiger partial charge on any atom is 0.228 e. The summed E-state index contributed by atoms with van der Waals surface area (Å²) < 4.78 is 2.24. The quantitative estimate of drug-likeness (QED) is 0.912. The van der Waals surface area contributed by atoms with Gasteiger partial charge in [0.1, 0.15) is 0 Å². The predicted molar refractivity (Wildman–Crippen MR) is 89.1 cm³/mol. The molecule has 2 N–H and O–H groups in total. The van der Waals surface area contributed by atoms with Gasteiger partial charge in [0.2, 0.25) is 5.91 Å². The Labute approximate surface area is 131 Å². The van der Waals surface area contributed by atoms with E-state index in [1.807, 2.05) is 6.07 Å². The zero-order valence-electron chi connectivity index (χ0n) is 12.3. The molecule has 114 valence electrons. The molecule has 0 bridgehead atoms. The van der Waals surface area contributed by atoms with E-state index in [0.717, 1.165) is 38.2 Å². The van der Waals surface area contributed by atoms with E-state index in [1.54, 1.807) is 0 Å². The van der Waals surface area contributed by atoms with Crippen molar-refractivity contribution in [2.24, 2.45) is 5.92 Å². The molecular formula is C16H22ClN3O. The number of hydrogen-bond acceptors (Lipinski definition) is 2. The summed E-state index contributed by atoms with van der Waals surface area (Å²) in [4.78, 5) is 12.1. The van der Waals surface area contributed by atoms with E-state index in [9.17, 15) is 4.79 Å². The SMILES string of the molecule is CCCn1ccc2ccc(NC(=O)C3CCNC3)cc21.Cl. The number of carbonyl (C=O) groups excluding carboxylic acids is 1. The number of aromatic nitrogens is 1. The van der Waals surface area contributed by atoms with Crippen LogP contribution in [0.15, 0.2) is 30.5 Å². The van der Waals surface area contributed by atoms with Crippen molar-refractivity contribution in [3.63, 3.8) is 0 Å². The second kappa shape index (κ2) is 6.96. The van der Waals surface area contributed by atoms with E-state index in [0.29, 0.717) is 0 Å². The first-order chi connectivity index (χ1) is 9.78. The first-order valence-corrected chi connectivity index (χ1v) is 7.38. The third kappa shape index (κ3) is 3.39. The van der Waals surface area contributed by atoms with Crippen molar-refractivity contribution < 1.29 is 4.79 Å². The van der Waals surface area contributed by atoms with Gasteiger partial charge in [-0.15, -0.1) is 12.4 Å². The van der Waals surface area contributed by atoms with Gasteiger partial charge < -0.3 is 15.2 Å². The second-order valence-corrected chi connectivity index (χ2v) is 5.46. The highest BCUT2D eigenvalue weighted by atomic mass is 35.5. The lowest BCUT2D eigenvalue weighted by Crippen LogP contribution is -2.24. The number of nitrogens with one attached hydrogen (secondary N) is 2. The summed E-state index contributed by atoms with van der Waals surface area (Å²) in [6.45, 7) is 4.91. The summed E-state index contributed by atoms with van der Waals surface area (Å²) in [6, 6.07) is 8.26. The van der Waals surface area contributed by atoms with Crippen LogP contribution in [0.5, 0.6) is 0 Å². The molecule has 2 heterocycles. The maximum absolute atomic E-state index is 12.1. The van der Waals surface area contributed by atoms with Gasteiger partial charge in [0, 0.05) is 25.0 Å². The number of halogens is 1. The lowest BCUT2D eigenvalue weighted by atomic mass is 10.1. The Morgan fingerprint density at radius 2 is 2.29 bits per heavy atom. The molecule has 5 heteroatoms. The molecule has 1 amide bonds. The fourth-order valence-corrected chi connectivity index (χ4v) is 2.82. The van der Waals surface area contributed by atoms with Crippen LogP contribution in [0.4, 0.5) is 5.69 Å². The van der Waals surface area contributed by atoms with Crippen LogP contribution in [0.2, 0.25) is 0 Å². The van der Waals surface area contributed by atoms with Crippen LogP contribution >= 0.6 is 12.4 Å². The molecule has 1 aromatic carbocycles. The highest BCUT2D eigenvalue weighted by molar-refractivity contribution is 5.95. The molecule has 1 aliphatic rings. The molecule has 1 unspecified atom stereocenters. The minimum atomic E-state index is 0. The Balaban J connectivity index is 0.00000161. The Morgan fingerprint density at radius 3 is 3.00 bits per heavy atom. The minimum absolute atomic E-state index is 0. The summed E-state index contributed by atoms with van der Waals surface area (Å²) in [5.41, 5.74) is 2.08. The van der Waals surface area contributed by atoms with Gasteiger partial charge in [-0.3, -0.25) is 4.79 Å². The van der Waals surface area contributed by atoms with Crippen molar-refractivity contribution in [3.8, 4) is 0 Å². The van der Waals surface area contributed by atoms with E-state index in [4.69, 9.17) is 0 Å². The van der Waals surface area contributed by atoms with Crippen molar-refractivity contribution in [2.45, 2.75) is 26.3 Å². The molecule has 1 atom stereocenters. The summed E-state index contributed by atoms with van der Waals surface area (Å²) >= 11 is 0. The first-order valence-electron chi connectivity index (χ1n) is 7.38. The molecule has 0 aliphatic carbocycles. The van der Waals surface area contributed by atoms with Gasteiger partial charge in [-0.25, -0.2) is 0 Å². The van der Waals surface area contributed by atoms with E-state index in [1.165, 1.54) is 10.9 Å². The fraction of sp³-hybridized carbons (Fsp3) is 0.438. The minimum Gasteiger partial charge on any atom is -0.347 e. The summed E-state index contributed by atoms with van der Waals surface area (Å²) in [7, 11) is 0. The van der Waals surface area contributed by atoms with Crippen LogP contribution in [-0.2, 0) is 11.3 Å². The van der Waals surface area contributed by atoms with Crippen LogP contribution in [0.25, 0.3) is 10.9 Å². The molecule has 3 rings (SSSR count). The molecule has 21 heavy (non-hydrogen) atoms. The molecule has 1 aliphatic heterocycles. The van der Waals surface area contributed by atoms with E-state index < -0.39 is 0 Å². The molecule has 1 aromatic heterocycles. The smallest absolute Gasteiger partial charge is 0.228 e. The van der Waals surface area contributed by atoms with Gasteiger partial charge in [-0.05, 0) is 43.0 Å². The molecule has 1 fully saturated rings. The topological polar surface area (TPSA) is 46.1 Å². The van der Waals surface area contributed by atoms with Gasteiger partial charge in [0.15, 0.2) is 0 Å². The van der Waals surface area contributed by atoms with Crippen molar-refractivity contribution in [2.75, 3.05) is 18.4 Å². The number of aryl methyl sites for hydroxylation is 1. The van der Waals surface area contributed by atoms with E-state index >= 15 is 0 Å². The average molecular weight is 308 g/mol. The maximum atomic E-state index is 12.1. The third-order valence-corrected chi connectivity index (χ3v) is 3.94. The van der Waals surface area contributed by atoms with Crippen LogP contribution in [0, 0.1) is 5.92 Å². The van der Waals surface area contributed by atoms with Gasteiger partial charge in [-0.2, -0.15) is 0 Å². The monoisotopic (exact) mass is 307 g/mol. The normalized spacial score (nSPS) is 17.7. The predicted octanol–water partition coefficient (Wildman–Crippen LogP) is 3.02. The molecule has 1 saturated heterocycles. The number of nitrogens with zero attached hydrogens (tertiary/aromatic N) is 1. The van der Waals surface area contributed by atoms with Crippen molar-refractivity contribution in [1.29, 1.82) is 0 Å². The molecule has 0 radical (unpaired) electrons. The van der Waals surface area contributed by atoms with Crippen LogP contribution in [0.3, 0.4) is 0 Å². The van der Waals surface area contributed by atoms with E-state index in [-0.39, 0.29) is 24.2 Å². The largest absolute Gasteiger partial charge is 0.347 e. The van der Waals surface area contributed by atoms with E-state index in [2.05, 4.69) is 46.5 Å². The summed E-state index contributed by atoms with van der Waals surface area (Å²) in [5, 5.41) is 7.49. The van der Waals surface area contributed by atoms with Gasteiger partial charge >= 0.3 is 0 Å². The number of anilines is 1. The highest BCUT2D eigenvalue weighted by Gasteiger charge is 2.22. The average Bonchev–Trinajstić information content (AvgIpc) is 3.09. The number of benzene rings is 1. The first kappa shape index (κ1) is 15.9. The van der Waals surface area contributed by atoms with Gasteiger partial charge in [-0.1, -0.05) is 13.0 Å². The molecular weight excluding hydrogens is 286 g/mol. The van der Waals surface area contributed by atoms with Crippen LogP contribution in [0.1, 0.15) is 19.8 Å². The summed E-state index contributed by atoms with van der Waals surface area (Å²) in [6.07, 6.45) is 4.15. The fourth-order valence-electron chi connectivity index (χ4n) is 2.82. The zero-order chi connectivity index (χ0) is 13.9. The van der Waals surface area contributed by atoms with Crippen molar-refractivity contribution in [3.05, 3.63) is 30.5 Å². The lowest BCUT2D eigenvalue weighted by Gasteiger charge is -2.11. The van der Waals surface area contributed by atoms with Crippen LogP contribution < -0.4 is 10.6 Å². The van der Waals surface area contributed by atoms with Gasteiger partial charge in [0.05, 0.1) is 11.4 Å². The van der Waals surface area contributed by atoms with Crippen molar-refractivity contribution in [1.82, 2.24) is 9.88 Å². The number of fused-ring (bicyclic) bond motifs is 1. The Hall–Kier alpha value is -1.52. The Kier molecular flexibility index (Phi) is 5.26. The second-order valence-electron chi connectivity index (χ2n) is 5.46. The number of hydrogen-bond donors (Lipinski definition) is 2. The van der Waals surface area contributed by atoms with Crippen LogP contribution in [-0.4, -0.2) is 23.6 Å². The summed E-state index contributed by atoms with van der Waals surface area (Å²) in [5.74, 6) is 0.232. The number of amides is 1. The Bertz CT molecular complexity index is 617. The number of carbonyl (C=O) groups is 1. The van der Waals surface area contributed by atoms with Crippen molar-refractivity contribution >= 4 is 34.9 Å². The zero-order valence-corrected chi connectivity index (χ0v) is 13.1. The third-order valence-electron chi connectivity index (χ3n) is 3.94. The number of rotatable bonds is 4. The highest BCUT2D eigenvalue weighted by Crippen LogP contribution is 2.22. The molecule has 0 spiro atoms.